The summed E-state index contributed by atoms with van der Waals surface area (Å²) in [4.78, 5) is 29.8. The molecule has 0 aliphatic heterocycles. The number of nitrogens with zero attached hydrogens (tertiary/aromatic N) is 2. The van der Waals surface area contributed by atoms with E-state index in [1.165, 1.54) is 35.2 Å². The lowest BCUT2D eigenvalue weighted by Crippen LogP contribution is -2.53. The second kappa shape index (κ2) is 15.4. The van der Waals surface area contributed by atoms with Crippen LogP contribution in [0, 0.1) is 12.8 Å². The smallest absolute Gasteiger partial charge is 0.264 e. The number of anilines is 1. The molecular weight excluding hydrogens is 629 g/mol. The maximum absolute atomic E-state index is 14.5. The zero-order valence-corrected chi connectivity index (χ0v) is 27.8. The maximum Gasteiger partial charge on any atom is 0.264 e. The Morgan fingerprint density at radius 3 is 2.09 bits per heavy atom. The zero-order valence-electron chi connectivity index (χ0n) is 25.5. The zero-order chi connectivity index (χ0) is 32.6. The fraction of sp³-hybridized carbons (Fsp3) is 0.257. The Kier molecular flexibility index (Phi) is 11.7. The summed E-state index contributed by atoms with van der Waals surface area (Å²) in [5.41, 5.74) is 2.75. The Balaban J connectivity index is 1.82. The Labute approximate surface area is 275 Å². The third-order valence-corrected chi connectivity index (χ3v) is 9.49. The molecule has 1 atom stereocenters. The molecule has 0 radical (unpaired) electrons. The lowest BCUT2D eigenvalue weighted by atomic mass is 10.0. The lowest BCUT2D eigenvalue weighted by Gasteiger charge is -2.34. The van der Waals surface area contributed by atoms with Crippen LogP contribution < -0.4 is 9.62 Å². The second-order valence-electron chi connectivity index (χ2n) is 11.3. The maximum atomic E-state index is 14.5. The molecule has 0 bridgehead atoms. The SMILES string of the molecule is Cc1cccc(CN(C(=O)CN(c2ccc(Cl)cc2Cl)S(=O)(=O)c2ccccc2)[C@@H](Cc2ccccc2)C(=O)NCC(C)C)c1. The topological polar surface area (TPSA) is 86.8 Å². The summed E-state index contributed by atoms with van der Waals surface area (Å²) in [6.07, 6.45) is 0.232. The average molecular weight is 667 g/mol. The molecule has 10 heteroatoms. The molecule has 0 unspecified atom stereocenters. The van der Waals surface area contributed by atoms with Crippen LogP contribution in [0.2, 0.25) is 10.0 Å². The third-order valence-electron chi connectivity index (χ3n) is 7.18. The van der Waals surface area contributed by atoms with Crippen LogP contribution in [0.25, 0.3) is 0 Å². The van der Waals surface area contributed by atoms with Gasteiger partial charge in [-0.15, -0.1) is 0 Å². The summed E-state index contributed by atoms with van der Waals surface area (Å²) in [5, 5.41) is 3.37. The van der Waals surface area contributed by atoms with Crippen LogP contribution in [0.15, 0.2) is 108 Å². The standard InChI is InChI=1S/C35H37Cl2N3O4S/c1-25(2)22-38-35(42)33(20-27-12-6-4-7-13-27)39(23-28-14-10-11-26(3)19-28)34(41)24-40(32-18-17-29(36)21-31(32)37)45(43,44)30-15-8-5-9-16-30/h4-19,21,25,33H,20,22-24H2,1-3H3,(H,38,42)/t33-/m0/s1. The van der Waals surface area contributed by atoms with Crippen molar-refractivity contribution in [2.24, 2.45) is 5.92 Å². The number of sulfonamides is 1. The van der Waals surface area contributed by atoms with Gasteiger partial charge in [-0.3, -0.25) is 13.9 Å². The van der Waals surface area contributed by atoms with Gasteiger partial charge in [0, 0.05) is 24.5 Å². The van der Waals surface area contributed by atoms with Gasteiger partial charge in [-0.2, -0.15) is 0 Å². The first-order valence-electron chi connectivity index (χ1n) is 14.6. The van der Waals surface area contributed by atoms with Crippen molar-refractivity contribution in [3.63, 3.8) is 0 Å². The molecule has 0 spiro atoms. The number of hydrogen-bond acceptors (Lipinski definition) is 4. The molecule has 1 N–H and O–H groups in total. The molecule has 4 aromatic carbocycles. The summed E-state index contributed by atoms with van der Waals surface area (Å²) in [7, 11) is -4.27. The van der Waals surface area contributed by atoms with Crippen LogP contribution in [0.5, 0.6) is 0 Å². The summed E-state index contributed by atoms with van der Waals surface area (Å²) >= 11 is 12.7. The number of amides is 2. The highest BCUT2D eigenvalue weighted by molar-refractivity contribution is 7.92. The van der Waals surface area contributed by atoms with Gasteiger partial charge in [0.25, 0.3) is 10.0 Å². The van der Waals surface area contributed by atoms with E-state index < -0.39 is 28.5 Å². The molecule has 0 saturated carbocycles. The van der Waals surface area contributed by atoms with Gasteiger partial charge in [-0.05, 0) is 54.3 Å². The summed E-state index contributed by atoms with van der Waals surface area (Å²) in [6.45, 7) is 5.83. The van der Waals surface area contributed by atoms with E-state index in [0.29, 0.717) is 11.6 Å². The normalized spacial score (nSPS) is 12.0. The molecule has 45 heavy (non-hydrogen) atoms. The van der Waals surface area contributed by atoms with Gasteiger partial charge in [0.2, 0.25) is 11.8 Å². The highest BCUT2D eigenvalue weighted by atomic mass is 35.5. The third kappa shape index (κ3) is 9.10. The number of nitrogens with one attached hydrogen (secondary N) is 1. The number of carbonyl (C=O) groups excluding carboxylic acids is 2. The number of rotatable bonds is 13. The van der Waals surface area contributed by atoms with E-state index >= 15 is 0 Å². The molecule has 0 aromatic heterocycles. The Hall–Kier alpha value is -3.85. The fourth-order valence-corrected chi connectivity index (χ4v) is 6.91. The van der Waals surface area contributed by atoms with Crippen molar-refractivity contribution in [2.45, 2.75) is 44.7 Å². The quantitative estimate of drug-likeness (QED) is 0.168. The van der Waals surface area contributed by atoms with E-state index in [9.17, 15) is 18.0 Å². The van der Waals surface area contributed by atoms with Crippen LogP contribution in [-0.4, -0.2) is 44.3 Å². The average Bonchev–Trinajstić information content (AvgIpc) is 3.01. The molecule has 0 aliphatic rings. The first-order chi connectivity index (χ1) is 21.5. The van der Waals surface area contributed by atoms with Crippen LogP contribution in [0.3, 0.4) is 0 Å². The number of hydrogen-bond donors (Lipinski definition) is 1. The molecule has 4 rings (SSSR count). The van der Waals surface area contributed by atoms with E-state index in [1.54, 1.807) is 18.2 Å². The van der Waals surface area contributed by atoms with E-state index in [-0.39, 0.29) is 40.4 Å². The van der Waals surface area contributed by atoms with Crippen molar-refractivity contribution in [1.29, 1.82) is 0 Å². The highest BCUT2D eigenvalue weighted by Gasteiger charge is 2.35. The van der Waals surface area contributed by atoms with E-state index in [4.69, 9.17) is 23.2 Å². The van der Waals surface area contributed by atoms with Gasteiger partial charge in [0.15, 0.2) is 0 Å². The van der Waals surface area contributed by atoms with Gasteiger partial charge in [0.05, 0.1) is 15.6 Å². The summed E-state index contributed by atoms with van der Waals surface area (Å²) in [5.74, 6) is -0.705. The number of benzene rings is 4. The van der Waals surface area contributed by atoms with Gasteiger partial charge in [0.1, 0.15) is 12.6 Å². The van der Waals surface area contributed by atoms with E-state index in [2.05, 4.69) is 5.32 Å². The molecule has 2 amide bonds. The van der Waals surface area contributed by atoms with Crippen molar-refractivity contribution < 1.29 is 18.0 Å². The molecule has 0 heterocycles. The van der Waals surface area contributed by atoms with Crippen LogP contribution in [0.4, 0.5) is 5.69 Å². The Morgan fingerprint density at radius 2 is 1.47 bits per heavy atom. The monoisotopic (exact) mass is 665 g/mol. The van der Waals surface area contributed by atoms with Crippen molar-refractivity contribution in [2.75, 3.05) is 17.4 Å². The minimum Gasteiger partial charge on any atom is -0.354 e. The Morgan fingerprint density at radius 1 is 0.822 bits per heavy atom. The van der Waals surface area contributed by atoms with Gasteiger partial charge >= 0.3 is 0 Å². The Bertz CT molecular complexity index is 1720. The minimum absolute atomic E-state index is 0.00966. The van der Waals surface area contributed by atoms with Crippen LogP contribution >= 0.6 is 23.2 Å². The van der Waals surface area contributed by atoms with Crippen LogP contribution in [-0.2, 0) is 32.6 Å². The van der Waals surface area contributed by atoms with E-state index in [1.807, 2.05) is 75.4 Å². The molecular formula is C35H37Cl2N3O4S. The van der Waals surface area contributed by atoms with Crippen molar-refractivity contribution in [3.8, 4) is 0 Å². The van der Waals surface area contributed by atoms with Gasteiger partial charge in [-0.25, -0.2) is 8.42 Å². The first-order valence-corrected chi connectivity index (χ1v) is 16.8. The molecule has 7 nitrogen and oxygen atoms in total. The lowest BCUT2D eigenvalue weighted by molar-refractivity contribution is -0.140. The van der Waals surface area contributed by atoms with Crippen molar-refractivity contribution >= 4 is 50.7 Å². The number of aryl methyl sites for hydroxylation is 1. The van der Waals surface area contributed by atoms with Crippen LogP contribution in [0.1, 0.15) is 30.5 Å². The van der Waals surface area contributed by atoms with Gasteiger partial charge in [-0.1, -0.05) is 115 Å². The predicted octanol–water partition coefficient (Wildman–Crippen LogP) is 6.91. The molecule has 0 aliphatic carbocycles. The summed E-state index contributed by atoms with van der Waals surface area (Å²) < 4.78 is 29.2. The number of halogens is 2. The van der Waals surface area contributed by atoms with Crippen molar-refractivity contribution in [1.82, 2.24) is 10.2 Å². The second-order valence-corrected chi connectivity index (χ2v) is 14.0. The van der Waals surface area contributed by atoms with Crippen molar-refractivity contribution in [3.05, 3.63) is 130 Å². The fourth-order valence-electron chi connectivity index (χ4n) is 4.90. The molecule has 0 saturated heterocycles. The van der Waals surface area contributed by atoms with E-state index in [0.717, 1.165) is 21.0 Å². The minimum atomic E-state index is -4.27. The predicted molar refractivity (Wildman–Crippen MR) is 181 cm³/mol. The highest BCUT2D eigenvalue weighted by Crippen LogP contribution is 2.33. The first kappa shape index (κ1) is 34.0. The molecule has 0 fully saturated rings. The summed E-state index contributed by atoms with van der Waals surface area (Å²) in [6, 6.07) is 28.4. The molecule has 236 valence electrons. The molecule has 4 aromatic rings. The largest absolute Gasteiger partial charge is 0.354 e. The van der Waals surface area contributed by atoms with Gasteiger partial charge < -0.3 is 10.2 Å². The number of carbonyl (C=O) groups is 2.